The van der Waals surface area contributed by atoms with E-state index in [1.807, 2.05) is 24.3 Å². The number of rotatable bonds is 4. The Labute approximate surface area is 131 Å². The van der Waals surface area contributed by atoms with E-state index in [1.54, 1.807) is 7.11 Å². The summed E-state index contributed by atoms with van der Waals surface area (Å²) in [7, 11) is 1.64. The standard InChI is InChI=1S/C17H24N2O3/c1-12-9-19-10-14(8-15(19)11-22-12)18-17(20)7-13-3-5-16(21-2)6-4-13/h3-6,12,14-15H,7-11H2,1-2H3,(H,18,20)/t12-,14+,15+/m1/s1. The van der Waals surface area contributed by atoms with E-state index in [1.165, 1.54) is 0 Å². The van der Waals surface area contributed by atoms with Gasteiger partial charge >= 0.3 is 0 Å². The fourth-order valence-corrected chi connectivity index (χ4v) is 3.35. The number of benzene rings is 1. The topological polar surface area (TPSA) is 50.8 Å². The second-order valence-corrected chi connectivity index (χ2v) is 6.28. The van der Waals surface area contributed by atoms with Gasteiger partial charge in [-0.05, 0) is 31.0 Å². The average molecular weight is 304 g/mol. The van der Waals surface area contributed by atoms with E-state index < -0.39 is 0 Å². The van der Waals surface area contributed by atoms with Crippen molar-refractivity contribution in [3.63, 3.8) is 0 Å². The Morgan fingerprint density at radius 3 is 2.86 bits per heavy atom. The third-order valence-electron chi connectivity index (χ3n) is 4.48. The number of nitrogens with one attached hydrogen (secondary N) is 1. The van der Waals surface area contributed by atoms with Crippen LogP contribution in [0.2, 0.25) is 0 Å². The molecule has 5 heteroatoms. The number of hydrogen-bond acceptors (Lipinski definition) is 4. The zero-order chi connectivity index (χ0) is 15.5. The van der Waals surface area contributed by atoms with Crippen molar-refractivity contribution in [1.82, 2.24) is 10.2 Å². The Balaban J connectivity index is 1.49. The highest BCUT2D eigenvalue weighted by Crippen LogP contribution is 2.23. The van der Waals surface area contributed by atoms with Gasteiger partial charge in [-0.2, -0.15) is 0 Å². The first-order valence-electron chi connectivity index (χ1n) is 7.92. The lowest BCUT2D eigenvalue weighted by molar-refractivity contribution is -0.121. The Bertz CT molecular complexity index is 517. The molecular formula is C17H24N2O3. The summed E-state index contributed by atoms with van der Waals surface area (Å²) in [5, 5.41) is 3.16. The van der Waals surface area contributed by atoms with E-state index in [-0.39, 0.29) is 11.9 Å². The minimum atomic E-state index is 0.0870. The summed E-state index contributed by atoms with van der Waals surface area (Å²) >= 11 is 0. The highest BCUT2D eigenvalue weighted by molar-refractivity contribution is 5.79. The maximum atomic E-state index is 12.2. The van der Waals surface area contributed by atoms with Crippen LogP contribution in [0.15, 0.2) is 24.3 Å². The molecule has 0 aliphatic carbocycles. The highest BCUT2D eigenvalue weighted by atomic mass is 16.5. The van der Waals surface area contributed by atoms with Gasteiger partial charge in [0.2, 0.25) is 5.91 Å². The van der Waals surface area contributed by atoms with Crippen molar-refractivity contribution in [1.29, 1.82) is 0 Å². The van der Waals surface area contributed by atoms with Gasteiger partial charge < -0.3 is 14.8 Å². The first-order valence-corrected chi connectivity index (χ1v) is 7.92. The lowest BCUT2D eigenvalue weighted by Gasteiger charge is -2.33. The molecule has 0 unspecified atom stereocenters. The predicted octanol–water partition coefficient (Wildman–Crippen LogP) is 1.22. The number of morpholine rings is 1. The van der Waals surface area contributed by atoms with E-state index in [9.17, 15) is 4.79 Å². The molecule has 0 spiro atoms. The van der Waals surface area contributed by atoms with Crippen LogP contribution in [0.5, 0.6) is 5.75 Å². The molecule has 1 aromatic rings. The quantitative estimate of drug-likeness (QED) is 0.908. The minimum Gasteiger partial charge on any atom is -0.497 e. The van der Waals surface area contributed by atoms with Crippen LogP contribution in [0.4, 0.5) is 0 Å². The number of amides is 1. The van der Waals surface area contributed by atoms with Crippen molar-refractivity contribution >= 4 is 5.91 Å². The fraction of sp³-hybridized carbons (Fsp3) is 0.588. The first kappa shape index (κ1) is 15.3. The van der Waals surface area contributed by atoms with Crippen LogP contribution >= 0.6 is 0 Å². The molecule has 1 aromatic carbocycles. The number of methoxy groups -OCH3 is 1. The maximum Gasteiger partial charge on any atom is 0.224 e. The van der Waals surface area contributed by atoms with Crippen LogP contribution in [-0.2, 0) is 16.0 Å². The first-order chi connectivity index (χ1) is 10.6. The molecule has 0 radical (unpaired) electrons. The average Bonchev–Trinajstić information content (AvgIpc) is 2.89. The van der Waals surface area contributed by atoms with E-state index >= 15 is 0 Å². The van der Waals surface area contributed by atoms with Gasteiger partial charge in [0.05, 0.1) is 26.2 Å². The molecule has 22 heavy (non-hydrogen) atoms. The van der Waals surface area contributed by atoms with Gasteiger partial charge in [0.25, 0.3) is 0 Å². The summed E-state index contributed by atoms with van der Waals surface area (Å²) in [5.41, 5.74) is 1.01. The molecule has 0 bridgehead atoms. The lowest BCUT2D eigenvalue weighted by Crippen LogP contribution is -2.45. The second-order valence-electron chi connectivity index (χ2n) is 6.28. The summed E-state index contributed by atoms with van der Waals surface area (Å²) in [6, 6.07) is 8.35. The molecule has 2 fully saturated rings. The van der Waals surface area contributed by atoms with E-state index in [4.69, 9.17) is 9.47 Å². The number of hydrogen-bond donors (Lipinski definition) is 1. The molecule has 3 atom stereocenters. The Morgan fingerprint density at radius 1 is 1.36 bits per heavy atom. The summed E-state index contributed by atoms with van der Waals surface area (Å²) in [4.78, 5) is 14.6. The van der Waals surface area contributed by atoms with E-state index in [2.05, 4.69) is 17.1 Å². The van der Waals surface area contributed by atoms with Crippen LogP contribution < -0.4 is 10.1 Å². The zero-order valence-electron chi connectivity index (χ0n) is 13.2. The van der Waals surface area contributed by atoms with Gasteiger partial charge in [0, 0.05) is 25.2 Å². The van der Waals surface area contributed by atoms with Crippen LogP contribution in [0.1, 0.15) is 18.9 Å². The zero-order valence-corrected chi connectivity index (χ0v) is 13.2. The van der Waals surface area contributed by atoms with Gasteiger partial charge in [-0.15, -0.1) is 0 Å². The summed E-state index contributed by atoms with van der Waals surface area (Å²) < 4.78 is 10.8. The van der Waals surface area contributed by atoms with Gasteiger partial charge in [-0.25, -0.2) is 0 Å². The Kier molecular flexibility index (Phi) is 4.64. The predicted molar refractivity (Wildman–Crippen MR) is 84.0 cm³/mol. The van der Waals surface area contributed by atoms with Gasteiger partial charge in [-0.3, -0.25) is 9.69 Å². The molecule has 1 amide bonds. The van der Waals surface area contributed by atoms with Crippen molar-refractivity contribution in [2.75, 3.05) is 26.8 Å². The van der Waals surface area contributed by atoms with Gasteiger partial charge in [0.1, 0.15) is 5.75 Å². The molecule has 0 saturated carbocycles. The van der Waals surface area contributed by atoms with E-state index in [0.717, 1.165) is 37.4 Å². The molecule has 3 rings (SSSR count). The third kappa shape index (κ3) is 3.59. The van der Waals surface area contributed by atoms with Crippen molar-refractivity contribution < 1.29 is 14.3 Å². The van der Waals surface area contributed by atoms with Crippen molar-refractivity contribution in [2.24, 2.45) is 0 Å². The van der Waals surface area contributed by atoms with Crippen LogP contribution in [0, 0.1) is 0 Å². The van der Waals surface area contributed by atoms with Crippen LogP contribution in [0.3, 0.4) is 0 Å². The van der Waals surface area contributed by atoms with Crippen molar-refractivity contribution in [3.8, 4) is 5.75 Å². The number of carbonyl (C=O) groups is 1. The lowest BCUT2D eigenvalue weighted by atomic mass is 10.1. The number of carbonyl (C=O) groups excluding carboxylic acids is 1. The van der Waals surface area contributed by atoms with Crippen molar-refractivity contribution in [2.45, 2.75) is 38.0 Å². The summed E-state index contributed by atoms with van der Waals surface area (Å²) in [6.07, 6.45) is 1.70. The largest absolute Gasteiger partial charge is 0.497 e. The molecular weight excluding hydrogens is 280 g/mol. The van der Waals surface area contributed by atoms with Crippen LogP contribution in [-0.4, -0.2) is 55.8 Å². The van der Waals surface area contributed by atoms with Crippen molar-refractivity contribution in [3.05, 3.63) is 29.8 Å². The Morgan fingerprint density at radius 2 is 2.14 bits per heavy atom. The van der Waals surface area contributed by atoms with Gasteiger partial charge in [-0.1, -0.05) is 12.1 Å². The summed E-state index contributed by atoms with van der Waals surface area (Å²) in [5.74, 6) is 0.898. The second kappa shape index (κ2) is 6.67. The van der Waals surface area contributed by atoms with Crippen LogP contribution in [0.25, 0.3) is 0 Å². The monoisotopic (exact) mass is 304 g/mol. The normalized spacial score (nSPS) is 28.2. The van der Waals surface area contributed by atoms with Gasteiger partial charge in [0.15, 0.2) is 0 Å². The fourth-order valence-electron chi connectivity index (χ4n) is 3.35. The van der Waals surface area contributed by atoms with E-state index in [0.29, 0.717) is 18.6 Å². The molecule has 0 aromatic heterocycles. The maximum absolute atomic E-state index is 12.2. The number of fused-ring (bicyclic) bond motifs is 1. The number of nitrogens with zero attached hydrogens (tertiary/aromatic N) is 1. The molecule has 2 aliphatic heterocycles. The molecule has 120 valence electrons. The smallest absolute Gasteiger partial charge is 0.224 e. The minimum absolute atomic E-state index is 0.0870. The molecule has 2 heterocycles. The molecule has 5 nitrogen and oxygen atoms in total. The molecule has 2 saturated heterocycles. The highest BCUT2D eigenvalue weighted by Gasteiger charge is 2.36. The summed E-state index contributed by atoms with van der Waals surface area (Å²) in [6.45, 7) is 4.79. The number of ether oxygens (including phenoxy) is 2. The molecule has 1 N–H and O–H groups in total. The third-order valence-corrected chi connectivity index (χ3v) is 4.48. The SMILES string of the molecule is COc1ccc(CC(=O)N[C@H]2C[C@H]3CO[C@H](C)CN3C2)cc1. The molecule has 2 aliphatic rings. The Hall–Kier alpha value is -1.59.